The van der Waals surface area contributed by atoms with Crippen LogP contribution in [0.15, 0.2) is 28.7 Å². The Bertz CT molecular complexity index is 632. The number of aromatic nitrogens is 2. The molecule has 1 saturated heterocycles. The van der Waals surface area contributed by atoms with Gasteiger partial charge in [0.1, 0.15) is 0 Å². The van der Waals surface area contributed by atoms with Crippen LogP contribution in [0.2, 0.25) is 5.02 Å². The van der Waals surface area contributed by atoms with Crippen LogP contribution in [-0.2, 0) is 0 Å². The molecule has 0 unspecified atom stereocenters. The first kappa shape index (κ1) is 15.5. The van der Waals surface area contributed by atoms with Crippen molar-refractivity contribution in [1.82, 2.24) is 15.1 Å². The van der Waals surface area contributed by atoms with E-state index in [4.69, 9.17) is 16.0 Å². The Labute approximate surface area is 136 Å². The highest BCUT2D eigenvalue weighted by Gasteiger charge is 2.28. The minimum atomic E-state index is 0.144. The molecule has 0 saturated carbocycles. The summed E-state index contributed by atoms with van der Waals surface area (Å²) in [7, 11) is 0. The van der Waals surface area contributed by atoms with Gasteiger partial charge in [-0.3, -0.25) is 4.90 Å². The summed E-state index contributed by atoms with van der Waals surface area (Å²) in [5.41, 5.74) is 0.860. The van der Waals surface area contributed by atoms with E-state index >= 15 is 0 Å². The highest BCUT2D eigenvalue weighted by molar-refractivity contribution is 6.30. The third kappa shape index (κ3) is 3.33. The van der Waals surface area contributed by atoms with Gasteiger partial charge in [0.2, 0.25) is 11.8 Å². The van der Waals surface area contributed by atoms with Crippen molar-refractivity contribution in [1.29, 1.82) is 0 Å². The monoisotopic (exact) mass is 319 g/mol. The van der Waals surface area contributed by atoms with E-state index in [2.05, 4.69) is 35.9 Å². The summed E-state index contributed by atoms with van der Waals surface area (Å²) in [4.78, 5) is 2.44. The largest absolute Gasteiger partial charge is 0.419 e. The van der Waals surface area contributed by atoms with E-state index in [9.17, 15) is 0 Å². The average Bonchev–Trinajstić information content (AvgIpc) is 2.95. The number of halogens is 1. The second-order valence-corrected chi connectivity index (χ2v) is 6.97. The second-order valence-electron chi connectivity index (χ2n) is 6.53. The van der Waals surface area contributed by atoms with Crippen LogP contribution in [0.5, 0.6) is 0 Å². The summed E-state index contributed by atoms with van der Waals surface area (Å²) in [6, 6.07) is 7.64. The van der Waals surface area contributed by atoms with Gasteiger partial charge in [0.15, 0.2) is 0 Å². The molecule has 118 valence electrons. The van der Waals surface area contributed by atoms with Crippen molar-refractivity contribution in [2.75, 3.05) is 13.1 Å². The molecule has 0 spiro atoms. The van der Waals surface area contributed by atoms with Crippen LogP contribution < -0.4 is 0 Å². The predicted molar refractivity (Wildman–Crippen MR) is 87.7 cm³/mol. The van der Waals surface area contributed by atoms with Gasteiger partial charge in [-0.05, 0) is 43.4 Å². The minimum absolute atomic E-state index is 0.144. The zero-order valence-corrected chi connectivity index (χ0v) is 14.0. The molecule has 5 heteroatoms. The summed E-state index contributed by atoms with van der Waals surface area (Å²) in [6.45, 7) is 8.92. The van der Waals surface area contributed by atoms with E-state index in [1.807, 2.05) is 24.3 Å². The molecule has 1 fully saturated rings. The molecule has 0 bridgehead atoms. The van der Waals surface area contributed by atoms with E-state index in [1.54, 1.807) is 0 Å². The van der Waals surface area contributed by atoms with Gasteiger partial charge >= 0.3 is 0 Å². The third-order valence-corrected chi connectivity index (χ3v) is 4.55. The lowest BCUT2D eigenvalue weighted by molar-refractivity contribution is 0.0903. The van der Waals surface area contributed by atoms with Gasteiger partial charge in [-0.25, -0.2) is 0 Å². The first-order valence-electron chi connectivity index (χ1n) is 7.86. The molecule has 1 aromatic carbocycles. The lowest BCUT2D eigenvalue weighted by atomic mass is 9.91. The fourth-order valence-corrected chi connectivity index (χ4v) is 3.52. The third-order valence-electron chi connectivity index (χ3n) is 4.31. The Morgan fingerprint density at radius 3 is 2.64 bits per heavy atom. The highest BCUT2D eigenvalue weighted by Crippen LogP contribution is 2.30. The maximum absolute atomic E-state index is 6.02. The number of rotatable bonds is 3. The van der Waals surface area contributed by atoms with Crippen LogP contribution in [0, 0.1) is 11.8 Å². The molecule has 1 aromatic heterocycles. The molecule has 3 rings (SSSR count). The molecule has 4 nitrogen and oxygen atoms in total. The Balaban J connectivity index is 1.78. The zero-order chi connectivity index (χ0) is 15.7. The minimum Gasteiger partial charge on any atom is -0.419 e. The Morgan fingerprint density at radius 1 is 1.23 bits per heavy atom. The van der Waals surface area contributed by atoms with Gasteiger partial charge in [-0.15, -0.1) is 10.2 Å². The summed E-state index contributed by atoms with van der Waals surface area (Å²) in [6.07, 6.45) is 1.29. The molecule has 0 amide bonds. The van der Waals surface area contributed by atoms with Crippen LogP contribution >= 0.6 is 11.6 Å². The topological polar surface area (TPSA) is 42.2 Å². The molecule has 22 heavy (non-hydrogen) atoms. The molecular weight excluding hydrogens is 298 g/mol. The molecule has 1 aliphatic rings. The number of likely N-dealkylation sites (tertiary alicyclic amines) is 1. The summed E-state index contributed by atoms with van der Waals surface area (Å²) in [5, 5.41) is 9.10. The van der Waals surface area contributed by atoms with Gasteiger partial charge in [-0.2, -0.15) is 0 Å². The average molecular weight is 320 g/mol. The van der Waals surface area contributed by atoms with Gasteiger partial charge in [0.05, 0.1) is 6.04 Å². The van der Waals surface area contributed by atoms with Crippen LogP contribution in [0.1, 0.15) is 39.1 Å². The number of hydrogen-bond donors (Lipinski definition) is 0. The number of hydrogen-bond acceptors (Lipinski definition) is 4. The molecule has 0 aliphatic carbocycles. The second kappa shape index (κ2) is 6.39. The van der Waals surface area contributed by atoms with Crippen molar-refractivity contribution in [3.05, 3.63) is 35.2 Å². The predicted octanol–water partition coefficient (Wildman–Crippen LogP) is 4.43. The van der Waals surface area contributed by atoms with Crippen molar-refractivity contribution in [2.24, 2.45) is 11.8 Å². The van der Waals surface area contributed by atoms with Crippen LogP contribution in [-0.4, -0.2) is 28.2 Å². The van der Waals surface area contributed by atoms with E-state index in [0.29, 0.717) is 28.6 Å². The van der Waals surface area contributed by atoms with Crippen molar-refractivity contribution in [3.8, 4) is 11.5 Å². The van der Waals surface area contributed by atoms with E-state index in [0.717, 1.165) is 18.7 Å². The van der Waals surface area contributed by atoms with Crippen molar-refractivity contribution >= 4 is 11.6 Å². The first-order chi connectivity index (χ1) is 10.5. The molecule has 0 N–H and O–H groups in total. The van der Waals surface area contributed by atoms with Gasteiger partial charge in [0.25, 0.3) is 0 Å². The molecular formula is C17H22ClN3O. The van der Waals surface area contributed by atoms with Crippen molar-refractivity contribution < 1.29 is 4.42 Å². The van der Waals surface area contributed by atoms with Gasteiger partial charge < -0.3 is 4.42 Å². The Morgan fingerprint density at radius 2 is 1.95 bits per heavy atom. The molecule has 2 heterocycles. The number of nitrogens with zero attached hydrogens (tertiary/aromatic N) is 3. The summed E-state index contributed by atoms with van der Waals surface area (Å²) < 4.78 is 5.89. The quantitative estimate of drug-likeness (QED) is 0.839. The summed E-state index contributed by atoms with van der Waals surface area (Å²) >= 11 is 6.02. The fourth-order valence-electron chi connectivity index (χ4n) is 3.33. The van der Waals surface area contributed by atoms with Crippen LogP contribution in [0.25, 0.3) is 11.5 Å². The molecule has 1 aliphatic heterocycles. The maximum Gasteiger partial charge on any atom is 0.247 e. The molecule has 2 aromatic rings. The lowest BCUT2D eigenvalue weighted by Gasteiger charge is -2.37. The Hall–Kier alpha value is -1.39. The summed E-state index contributed by atoms with van der Waals surface area (Å²) in [5.74, 6) is 2.63. The first-order valence-corrected chi connectivity index (χ1v) is 8.24. The zero-order valence-electron chi connectivity index (χ0n) is 13.3. The maximum atomic E-state index is 6.02. The van der Waals surface area contributed by atoms with Crippen LogP contribution in [0.3, 0.4) is 0 Å². The lowest BCUT2D eigenvalue weighted by Crippen LogP contribution is -2.40. The van der Waals surface area contributed by atoms with Gasteiger partial charge in [-0.1, -0.05) is 31.5 Å². The Kier molecular flexibility index (Phi) is 4.50. The fraction of sp³-hybridized carbons (Fsp3) is 0.529. The standard InChI is InChI=1S/C17H22ClN3O/c1-11-7-12(2)10-21(9-11)13(3)16-19-20-17(22-16)14-5-4-6-15(18)8-14/h4-6,8,11-13H,7,9-10H2,1-3H3/t11-,12+,13-/m1/s1. The number of piperidine rings is 1. The number of benzene rings is 1. The van der Waals surface area contributed by atoms with Crippen LogP contribution in [0.4, 0.5) is 0 Å². The highest BCUT2D eigenvalue weighted by atomic mass is 35.5. The normalized spacial score (nSPS) is 24.4. The van der Waals surface area contributed by atoms with E-state index < -0.39 is 0 Å². The van der Waals surface area contributed by atoms with E-state index in [-0.39, 0.29) is 6.04 Å². The van der Waals surface area contributed by atoms with Crippen molar-refractivity contribution in [2.45, 2.75) is 33.2 Å². The van der Waals surface area contributed by atoms with Gasteiger partial charge in [0, 0.05) is 23.7 Å². The SMILES string of the molecule is C[C@@H]1C[C@H](C)CN([C@H](C)c2nnc(-c3cccc(Cl)c3)o2)C1. The smallest absolute Gasteiger partial charge is 0.247 e. The molecule has 0 radical (unpaired) electrons. The van der Waals surface area contributed by atoms with Crippen molar-refractivity contribution in [3.63, 3.8) is 0 Å². The molecule has 3 atom stereocenters. The van der Waals surface area contributed by atoms with E-state index in [1.165, 1.54) is 6.42 Å².